The smallest absolute Gasteiger partial charge is 0.0594 e. The fraction of sp³-hybridized carbons (Fsp3) is 1.00. The van der Waals surface area contributed by atoms with Crippen LogP contribution in [0.1, 0.15) is 66.2 Å². The highest BCUT2D eigenvalue weighted by atomic mass is 16.5. The first-order valence-corrected chi connectivity index (χ1v) is 7.83. The number of nitrogens with one attached hydrogen (secondary N) is 1. The molecule has 2 nitrogen and oxygen atoms in total. The second-order valence-electron chi connectivity index (χ2n) is 6.99. The monoisotopic (exact) mass is 255 g/mol. The van der Waals surface area contributed by atoms with E-state index in [4.69, 9.17) is 4.74 Å². The first-order chi connectivity index (χ1) is 8.51. The van der Waals surface area contributed by atoms with Crippen LogP contribution in [0.3, 0.4) is 0 Å². The molecule has 2 unspecified atom stereocenters. The van der Waals surface area contributed by atoms with Crippen LogP contribution in [-0.2, 0) is 4.74 Å². The van der Waals surface area contributed by atoms with E-state index in [2.05, 4.69) is 33.0 Å². The Hall–Kier alpha value is -0.0800. The second kappa shape index (κ2) is 8.16. The summed E-state index contributed by atoms with van der Waals surface area (Å²) in [5.41, 5.74) is 0.436. The van der Waals surface area contributed by atoms with Gasteiger partial charge in [-0.15, -0.1) is 0 Å². The van der Waals surface area contributed by atoms with Crippen LogP contribution >= 0.6 is 0 Å². The summed E-state index contributed by atoms with van der Waals surface area (Å²) in [6.45, 7) is 12.2. The van der Waals surface area contributed by atoms with E-state index in [0.717, 1.165) is 25.6 Å². The van der Waals surface area contributed by atoms with Gasteiger partial charge in [-0.3, -0.25) is 0 Å². The van der Waals surface area contributed by atoms with Crippen LogP contribution in [0.15, 0.2) is 0 Å². The van der Waals surface area contributed by atoms with Crippen LogP contribution in [0.2, 0.25) is 0 Å². The van der Waals surface area contributed by atoms with Gasteiger partial charge in [0.15, 0.2) is 0 Å². The maximum Gasteiger partial charge on any atom is 0.0594 e. The van der Waals surface area contributed by atoms with Crippen molar-refractivity contribution in [1.82, 2.24) is 5.32 Å². The lowest BCUT2D eigenvalue weighted by atomic mass is 9.85. The summed E-state index contributed by atoms with van der Waals surface area (Å²) in [5, 5.41) is 3.48. The van der Waals surface area contributed by atoms with Gasteiger partial charge in [0.2, 0.25) is 0 Å². The highest BCUT2D eigenvalue weighted by Gasteiger charge is 2.20. The van der Waals surface area contributed by atoms with Crippen molar-refractivity contribution in [3.05, 3.63) is 0 Å². The molecule has 0 heterocycles. The lowest BCUT2D eigenvalue weighted by molar-refractivity contribution is 0.0141. The SMILES string of the molecule is CCC1CCCC(OCCNCCC(C)(C)C)C1. The minimum absolute atomic E-state index is 0.436. The first-order valence-electron chi connectivity index (χ1n) is 7.83. The quantitative estimate of drug-likeness (QED) is 0.694. The molecule has 0 aromatic rings. The number of rotatable bonds is 7. The van der Waals surface area contributed by atoms with Crippen molar-refractivity contribution in [2.45, 2.75) is 72.3 Å². The zero-order valence-corrected chi connectivity index (χ0v) is 12.9. The largest absolute Gasteiger partial charge is 0.377 e. The Kier molecular flexibility index (Phi) is 7.25. The van der Waals surface area contributed by atoms with Gasteiger partial charge in [-0.05, 0) is 37.1 Å². The third-order valence-electron chi connectivity index (χ3n) is 4.00. The van der Waals surface area contributed by atoms with E-state index >= 15 is 0 Å². The normalized spacial score (nSPS) is 25.3. The summed E-state index contributed by atoms with van der Waals surface area (Å²) in [4.78, 5) is 0. The van der Waals surface area contributed by atoms with E-state index in [1.807, 2.05) is 0 Å². The van der Waals surface area contributed by atoms with Gasteiger partial charge < -0.3 is 10.1 Å². The molecule has 0 aromatic carbocycles. The van der Waals surface area contributed by atoms with Crippen molar-refractivity contribution in [1.29, 1.82) is 0 Å². The van der Waals surface area contributed by atoms with Crippen molar-refractivity contribution in [3.63, 3.8) is 0 Å². The molecule has 1 N–H and O–H groups in total. The molecule has 2 atom stereocenters. The summed E-state index contributed by atoms with van der Waals surface area (Å²) < 4.78 is 5.98. The van der Waals surface area contributed by atoms with Crippen molar-refractivity contribution < 1.29 is 4.74 Å². The fourth-order valence-corrected chi connectivity index (χ4v) is 2.65. The number of hydrogen-bond acceptors (Lipinski definition) is 2. The van der Waals surface area contributed by atoms with Crippen LogP contribution in [0.5, 0.6) is 0 Å². The molecule has 0 aromatic heterocycles. The van der Waals surface area contributed by atoms with Crippen molar-refractivity contribution in [2.24, 2.45) is 11.3 Å². The van der Waals surface area contributed by atoms with E-state index < -0.39 is 0 Å². The average Bonchev–Trinajstić information content (AvgIpc) is 2.32. The molecular weight excluding hydrogens is 222 g/mol. The molecule has 0 radical (unpaired) electrons. The van der Waals surface area contributed by atoms with Crippen molar-refractivity contribution >= 4 is 0 Å². The van der Waals surface area contributed by atoms with Gasteiger partial charge in [0.1, 0.15) is 0 Å². The van der Waals surface area contributed by atoms with Gasteiger partial charge in [0.05, 0.1) is 12.7 Å². The van der Waals surface area contributed by atoms with Crippen LogP contribution in [-0.4, -0.2) is 25.8 Å². The minimum atomic E-state index is 0.436. The standard InChI is InChI=1S/C16H33NO/c1-5-14-7-6-8-15(13-14)18-12-11-17-10-9-16(2,3)4/h14-15,17H,5-13H2,1-4H3. The van der Waals surface area contributed by atoms with Crippen LogP contribution in [0, 0.1) is 11.3 Å². The summed E-state index contributed by atoms with van der Waals surface area (Å²) in [6, 6.07) is 0. The van der Waals surface area contributed by atoms with E-state index in [1.54, 1.807) is 0 Å². The Labute approximate surface area is 114 Å². The predicted octanol–water partition coefficient (Wildman–Crippen LogP) is 4.00. The molecule has 1 aliphatic rings. The van der Waals surface area contributed by atoms with Gasteiger partial charge >= 0.3 is 0 Å². The summed E-state index contributed by atoms with van der Waals surface area (Å²) >= 11 is 0. The van der Waals surface area contributed by atoms with Crippen LogP contribution in [0.4, 0.5) is 0 Å². The van der Waals surface area contributed by atoms with Crippen LogP contribution < -0.4 is 5.32 Å². The maximum atomic E-state index is 5.98. The third-order valence-corrected chi connectivity index (χ3v) is 4.00. The zero-order valence-electron chi connectivity index (χ0n) is 12.9. The molecule has 0 spiro atoms. The maximum absolute atomic E-state index is 5.98. The number of ether oxygens (including phenoxy) is 1. The lowest BCUT2D eigenvalue weighted by Crippen LogP contribution is -2.28. The topological polar surface area (TPSA) is 21.3 Å². The fourth-order valence-electron chi connectivity index (χ4n) is 2.65. The van der Waals surface area contributed by atoms with Gasteiger partial charge in [-0.25, -0.2) is 0 Å². The molecule has 1 saturated carbocycles. The van der Waals surface area contributed by atoms with Crippen LogP contribution in [0.25, 0.3) is 0 Å². The van der Waals surface area contributed by atoms with Crippen molar-refractivity contribution in [2.75, 3.05) is 19.7 Å². The molecule has 0 saturated heterocycles. The predicted molar refractivity (Wildman–Crippen MR) is 78.9 cm³/mol. The van der Waals surface area contributed by atoms with Gasteiger partial charge in [-0.2, -0.15) is 0 Å². The van der Waals surface area contributed by atoms with Crippen molar-refractivity contribution in [3.8, 4) is 0 Å². The summed E-state index contributed by atoms with van der Waals surface area (Å²) in [7, 11) is 0. The molecular formula is C16H33NO. The Morgan fingerprint density at radius 3 is 2.61 bits per heavy atom. The third kappa shape index (κ3) is 7.38. The minimum Gasteiger partial charge on any atom is -0.377 e. The molecule has 1 rings (SSSR count). The zero-order chi connectivity index (χ0) is 13.4. The van der Waals surface area contributed by atoms with Gasteiger partial charge in [-0.1, -0.05) is 47.0 Å². The number of hydrogen-bond donors (Lipinski definition) is 1. The summed E-state index contributed by atoms with van der Waals surface area (Å²) in [6.07, 6.45) is 8.43. The molecule has 0 aliphatic heterocycles. The van der Waals surface area contributed by atoms with Gasteiger partial charge in [0, 0.05) is 6.54 Å². The lowest BCUT2D eigenvalue weighted by Gasteiger charge is -2.28. The second-order valence-corrected chi connectivity index (χ2v) is 6.99. The molecule has 0 amide bonds. The van der Waals surface area contributed by atoms with E-state index in [0.29, 0.717) is 11.5 Å². The summed E-state index contributed by atoms with van der Waals surface area (Å²) in [5.74, 6) is 0.914. The molecule has 18 heavy (non-hydrogen) atoms. The molecule has 1 aliphatic carbocycles. The molecule has 108 valence electrons. The van der Waals surface area contributed by atoms with E-state index in [1.165, 1.54) is 38.5 Å². The highest BCUT2D eigenvalue weighted by molar-refractivity contribution is 4.72. The van der Waals surface area contributed by atoms with Gasteiger partial charge in [0.25, 0.3) is 0 Å². The Balaban J connectivity index is 1.97. The van der Waals surface area contributed by atoms with E-state index in [-0.39, 0.29) is 0 Å². The molecule has 1 fully saturated rings. The molecule has 2 heteroatoms. The van der Waals surface area contributed by atoms with E-state index in [9.17, 15) is 0 Å². The Morgan fingerprint density at radius 2 is 1.94 bits per heavy atom. The highest BCUT2D eigenvalue weighted by Crippen LogP contribution is 2.28. The molecule has 0 bridgehead atoms. The first kappa shape index (κ1) is 16.0. The Bertz CT molecular complexity index is 210. The Morgan fingerprint density at radius 1 is 1.17 bits per heavy atom. The average molecular weight is 255 g/mol.